The fourth-order valence-electron chi connectivity index (χ4n) is 1.99. The number of nitrogens with zero attached hydrogens (tertiary/aromatic N) is 5. The Morgan fingerprint density at radius 1 is 1.21 bits per heavy atom. The molecule has 0 amide bonds. The highest BCUT2D eigenvalue weighted by atomic mass is 19.4. The molecule has 0 radical (unpaired) electrons. The minimum Gasteiger partial charge on any atom is -0.467 e. The molecule has 0 aliphatic carbocycles. The monoisotopic (exact) mass is 340 g/mol. The number of alkyl halides is 3. The number of hydrogen-bond acceptors (Lipinski definition) is 7. The SMILES string of the molecule is COc1nc(N)nn1Cc1ccc(-c2noc(C(F)(F)F)n2)cc1. The van der Waals surface area contributed by atoms with Gasteiger partial charge in [-0.25, -0.2) is 4.68 Å². The molecule has 0 fully saturated rings. The van der Waals surface area contributed by atoms with Crippen LogP contribution in [0.25, 0.3) is 11.4 Å². The number of anilines is 1. The van der Waals surface area contributed by atoms with Crippen molar-refractivity contribution in [3.05, 3.63) is 35.7 Å². The summed E-state index contributed by atoms with van der Waals surface area (Å²) in [5, 5.41) is 7.31. The number of methoxy groups -OCH3 is 1. The lowest BCUT2D eigenvalue weighted by Gasteiger charge is -2.04. The molecule has 0 saturated heterocycles. The second-order valence-electron chi connectivity index (χ2n) is 4.73. The van der Waals surface area contributed by atoms with Gasteiger partial charge in [0.1, 0.15) is 0 Å². The first-order valence-corrected chi connectivity index (χ1v) is 6.61. The predicted octanol–water partition coefficient (Wildman–Crippen LogP) is 1.99. The maximum absolute atomic E-state index is 12.5. The van der Waals surface area contributed by atoms with Gasteiger partial charge in [0.25, 0.3) is 0 Å². The van der Waals surface area contributed by atoms with Crippen molar-refractivity contribution in [3.63, 3.8) is 0 Å². The summed E-state index contributed by atoms with van der Waals surface area (Å²) in [5.74, 6) is -1.45. The van der Waals surface area contributed by atoms with Crippen molar-refractivity contribution in [1.29, 1.82) is 0 Å². The first kappa shape index (κ1) is 15.8. The van der Waals surface area contributed by atoms with Crippen LogP contribution in [0.15, 0.2) is 28.8 Å². The third-order valence-electron chi connectivity index (χ3n) is 3.05. The first-order chi connectivity index (χ1) is 11.4. The quantitative estimate of drug-likeness (QED) is 0.774. The molecule has 24 heavy (non-hydrogen) atoms. The number of ether oxygens (including phenoxy) is 1. The maximum Gasteiger partial charge on any atom is 0.471 e. The summed E-state index contributed by atoms with van der Waals surface area (Å²) in [7, 11) is 1.44. The van der Waals surface area contributed by atoms with E-state index in [0.717, 1.165) is 5.56 Å². The third kappa shape index (κ3) is 3.14. The Balaban J connectivity index is 1.79. The Morgan fingerprint density at radius 3 is 2.50 bits per heavy atom. The van der Waals surface area contributed by atoms with Gasteiger partial charge in [-0.2, -0.15) is 23.1 Å². The van der Waals surface area contributed by atoms with Gasteiger partial charge >= 0.3 is 18.1 Å². The fraction of sp³-hybridized carbons (Fsp3) is 0.231. The van der Waals surface area contributed by atoms with E-state index in [1.807, 2.05) is 0 Å². The van der Waals surface area contributed by atoms with Crippen molar-refractivity contribution in [2.75, 3.05) is 12.8 Å². The first-order valence-electron chi connectivity index (χ1n) is 6.61. The van der Waals surface area contributed by atoms with Crippen LogP contribution in [-0.4, -0.2) is 32.0 Å². The van der Waals surface area contributed by atoms with E-state index in [4.69, 9.17) is 10.5 Å². The van der Waals surface area contributed by atoms with Crippen molar-refractivity contribution < 1.29 is 22.4 Å². The number of hydrogen-bond donors (Lipinski definition) is 1. The number of benzene rings is 1. The molecule has 0 aliphatic heterocycles. The lowest BCUT2D eigenvalue weighted by atomic mass is 10.1. The van der Waals surface area contributed by atoms with E-state index in [-0.39, 0.29) is 17.8 Å². The smallest absolute Gasteiger partial charge is 0.467 e. The lowest BCUT2D eigenvalue weighted by Crippen LogP contribution is -2.05. The van der Waals surface area contributed by atoms with E-state index in [9.17, 15) is 13.2 Å². The summed E-state index contributed by atoms with van der Waals surface area (Å²) >= 11 is 0. The molecule has 0 atom stereocenters. The van der Waals surface area contributed by atoms with Crippen LogP contribution >= 0.6 is 0 Å². The number of nitrogen functional groups attached to an aromatic ring is 1. The van der Waals surface area contributed by atoms with Gasteiger partial charge in [0.05, 0.1) is 13.7 Å². The van der Waals surface area contributed by atoms with Crippen molar-refractivity contribution in [3.8, 4) is 17.4 Å². The molecule has 0 saturated carbocycles. The normalized spacial score (nSPS) is 11.7. The molecule has 2 aromatic heterocycles. The molecule has 126 valence electrons. The highest BCUT2D eigenvalue weighted by Gasteiger charge is 2.38. The molecule has 8 nitrogen and oxygen atoms in total. The molecular weight excluding hydrogens is 329 g/mol. The Hall–Kier alpha value is -3.11. The fourth-order valence-corrected chi connectivity index (χ4v) is 1.99. The highest BCUT2D eigenvalue weighted by Crippen LogP contribution is 2.29. The van der Waals surface area contributed by atoms with E-state index < -0.39 is 12.1 Å². The molecule has 0 spiro atoms. The second-order valence-corrected chi connectivity index (χ2v) is 4.73. The van der Waals surface area contributed by atoms with Gasteiger partial charge in [-0.3, -0.25) is 0 Å². The summed E-state index contributed by atoms with van der Waals surface area (Å²) < 4.78 is 48.1. The van der Waals surface area contributed by atoms with E-state index in [1.165, 1.54) is 11.8 Å². The topological polar surface area (TPSA) is 105 Å². The van der Waals surface area contributed by atoms with E-state index in [2.05, 4.69) is 24.7 Å². The molecule has 0 unspecified atom stereocenters. The van der Waals surface area contributed by atoms with Gasteiger partial charge in [0.2, 0.25) is 11.8 Å². The molecular formula is C13H11F3N6O2. The lowest BCUT2D eigenvalue weighted by molar-refractivity contribution is -0.159. The number of nitrogens with two attached hydrogens (primary N) is 1. The van der Waals surface area contributed by atoms with Crippen molar-refractivity contribution in [2.45, 2.75) is 12.7 Å². The Bertz CT molecular complexity index is 840. The Labute approximate surface area is 133 Å². The van der Waals surface area contributed by atoms with Crippen LogP contribution in [0.5, 0.6) is 6.01 Å². The molecule has 1 aromatic carbocycles. The summed E-state index contributed by atoms with van der Waals surface area (Å²) in [4.78, 5) is 7.21. The third-order valence-corrected chi connectivity index (χ3v) is 3.05. The molecule has 2 N–H and O–H groups in total. The molecule has 3 rings (SSSR count). The largest absolute Gasteiger partial charge is 0.471 e. The minimum atomic E-state index is -4.67. The van der Waals surface area contributed by atoms with Crippen molar-refractivity contribution >= 4 is 5.95 Å². The summed E-state index contributed by atoms with van der Waals surface area (Å²) in [5.41, 5.74) is 6.70. The standard InChI is InChI=1S/C13H11F3N6O2/c1-23-12-19-11(17)20-22(12)6-7-2-4-8(5-3-7)9-18-10(24-21-9)13(14,15)16/h2-5H,6H2,1H3,(H2,17,20). The molecule has 2 heterocycles. The predicted molar refractivity (Wildman–Crippen MR) is 74.8 cm³/mol. The highest BCUT2D eigenvalue weighted by molar-refractivity contribution is 5.54. The summed E-state index contributed by atoms with van der Waals surface area (Å²) in [6.45, 7) is 0.327. The molecule has 11 heteroatoms. The average Bonchev–Trinajstić information content (AvgIpc) is 3.14. The van der Waals surface area contributed by atoms with Crippen LogP contribution in [0.1, 0.15) is 11.5 Å². The summed E-state index contributed by atoms with van der Waals surface area (Å²) in [6.07, 6.45) is -4.67. The van der Waals surface area contributed by atoms with Gasteiger partial charge in [-0.05, 0) is 5.56 Å². The summed E-state index contributed by atoms with van der Waals surface area (Å²) in [6, 6.07) is 6.79. The molecule has 3 aromatic rings. The van der Waals surface area contributed by atoms with Crippen molar-refractivity contribution in [1.82, 2.24) is 24.9 Å². The average molecular weight is 340 g/mol. The Kier molecular flexibility index (Phi) is 3.83. The maximum atomic E-state index is 12.5. The van der Waals surface area contributed by atoms with Gasteiger partial charge in [0.15, 0.2) is 0 Å². The number of rotatable bonds is 4. The van der Waals surface area contributed by atoms with Crippen LogP contribution in [0.3, 0.4) is 0 Å². The van der Waals surface area contributed by atoms with Crippen LogP contribution < -0.4 is 10.5 Å². The van der Waals surface area contributed by atoms with E-state index in [0.29, 0.717) is 12.1 Å². The zero-order valence-electron chi connectivity index (χ0n) is 12.3. The number of halogens is 3. The zero-order valence-corrected chi connectivity index (χ0v) is 12.3. The number of aromatic nitrogens is 5. The van der Waals surface area contributed by atoms with Crippen LogP contribution in [0, 0.1) is 0 Å². The van der Waals surface area contributed by atoms with Crippen molar-refractivity contribution in [2.24, 2.45) is 0 Å². The van der Waals surface area contributed by atoms with E-state index in [1.54, 1.807) is 24.3 Å². The van der Waals surface area contributed by atoms with Gasteiger partial charge in [0, 0.05) is 5.56 Å². The second kappa shape index (κ2) is 5.83. The zero-order chi connectivity index (χ0) is 17.3. The van der Waals surface area contributed by atoms with Crippen LogP contribution in [-0.2, 0) is 12.7 Å². The van der Waals surface area contributed by atoms with Gasteiger partial charge in [-0.1, -0.05) is 29.4 Å². The van der Waals surface area contributed by atoms with Gasteiger partial charge < -0.3 is 15.0 Å². The molecule has 0 aliphatic rings. The van der Waals surface area contributed by atoms with Crippen LogP contribution in [0.4, 0.5) is 19.1 Å². The Morgan fingerprint density at radius 2 is 1.92 bits per heavy atom. The van der Waals surface area contributed by atoms with E-state index >= 15 is 0 Å². The molecule has 0 bridgehead atoms. The minimum absolute atomic E-state index is 0.0787. The van der Waals surface area contributed by atoms with Crippen LogP contribution in [0.2, 0.25) is 0 Å². The van der Waals surface area contributed by atoms with Gasteiger partial charge in [-0.15, -0.1) is 5.10 Å².